The molecule has 4 aromatic rings. The van der Waals surface area contributed by atoms with E-state index in [2.05, 4.69) is 4.99 Å². The number of rotatable bonds is 4. The van der Waals surface area contributed by atoms with Gasteiger partial charge in [-0.2, -0.15) is 0 Å². The fourth-order valence-corrected chi connectivity index (χ4v) is 3.71. The lowest BCUT2D eigenvalue weighted by molar-refractivity contribution is 0.430. The van der Waals surface area contributed by atoms with Gasteiger partial charge in [0.1, 0.15) is 5.56 Å². The van der Waals surface area contributed by atoms with E-state index in [0.717, 1.165) is 16.8 Å². The Balaban J connectivity index is 2.01. The van der Waals surface area contributed by atoms with Crippen molar-refractivity contribution in [2.24, 2.45) is 4.99 Å². The van der Waals surface area contributed by atoms with Crippen molar-refractivity contribution < 1.29 is 5.11 Å². The quantitative estimate of drug-likeness (QED) is 0.349. The van der Waals surface area contributed by atoms with Crippen LogP contribution in [0, 0.1) is 18.6 Å². The van der Waals surface area contributed by atoms with E-state index in [-0.39, 0.29) is 16.2 Å². The molecule has 0 amide bonds. The largest absolute Gasteiger partial charge is 0.494 e. The summed E-state index contributed by atoms with van der Waals surface area (Å²) >= 11 is 5.63. The van der Waals surface area contributed by atoms with Crippen molar-refractivity contribution in [2.45, 2.75) is 13.8 Å². The summed E-state index contributed by atoms with van der Waals surface area (Å²) in [6.45, 7) is 3.93. The van der Waals surface area contributed by atoms with E-state index in [0.29, 0.717) is 11.4 Å². The fraction of sp³-hybridized carbons (Fsp3) is 0.0800. The predicted octanol–water partition coefficient (Wildman–Crippen LogP) is 5.43. The van der Waals surface area contributed by atoms with Crippen LogP contribution in [0.1, 0.15) is 16.7 Å². The normalized spacial score (nSPS) is 11.2. The molecule has 0 saturated carbocycles. The zero-order valence-electron chi connectivity index (χ0n) is 17.2. The Morgan fingerprint density at radius 3 is 2.06 bits per heavy atom. The molecule has 31 heavy (non-hydrogen) atoms. The van der Waals surface area contributed by atoms with Gasteiger partial charge in [-0.3, -0.25) is 18.9 Å². The molecule has 154 valence electrons. The lowest BCUT2D eigenvalue weighted by Crippen LogP contribution is -2.27. The van der Waals surface area contributed by atoms with Gasteiger partial charge >= 0.3 is 0 Å². The highest BCUT2D eigenvalue weighted by Crippen LogP contribution is 2.23. The number of nitrogens with zero attached hydrogens (tertiary/aromatic N) is 3. The Morgan fingerprint density at radius 1 is 0.871 bits per heavy atom. The molecule has 1 N–H and O–H groups in total. The molecule has 0 unspecified atom stereocenters. The van der Waals surface area contributed by atoms with Gasteiger partial charge in [-0.25, -0.2) is 0 Å². The topological polar surface area (TPSA) is 59.5 Å². The molecular weight excluding hydrogens is 406 g/mol. The van der Waals surface area contributed by atoms with Crippen LogP contribution in [0.2, 0.25) is 0 Å². The Kier molecular flexibility index (Phi) is 5.64. The Bertz CT molecular complexity index is 1390. The first-order valence-corrected chi connectivity index (χ1v) is 10.2. The Labute approximate surface area is 185 Å². The van der Waals surface area contributed by atoms with E-state index in [9.17, 15) is 9.90 Å². The van der Waals surface area contributed by atoms with Gasteiger partial charge in [0.05, 0.1) is 17.1 Å². The molecule has 0 aliphatic heterocycles. The van der Waals surface area contributed by atoms with E-state index in [1.807, 2.05) is 80.6 Å². The van der Waals surface area contributed by atoms with Gasteiger partial charge in [-0.05, 0) is 67.5 Å². The molecule has 0 spiro atoms. The highest BCUT2D eigenvalue weighted by molar-refractivity contribution is 7.71. The van der Waals surface area contributed by atoms with E-state index in [1.54, 1.807) is 12.1 Å². The standard InChI is InChI=1S/C25H21N3O2S/c1-17-13-14-18(2)22(15-17)26-16-21-23(29)27(19-9-5-3-6-10-19)25(31)28(24(21)30)20-11-7-4-8-12-20/h3-16,29H,1-2H3. The first-order chi connectivity index (χ1) is 15.0. The number of aromatic nitrogens is 2. The van der Waals surface area contributed by atoms with Crippen LogP contribution in [0.4, 0.5) is 5.69 Å². The first-order valence-electron chi connectivity index (χ1n) is 9.80. The first kappa shape index (κ1) is 20.5. The second-order valence-electron chi connectivity index (χ2n) is 7.22. The summed E-state index contributed by atoms with van der Waals surface area (Å²) in [6, 6.07) is 24.3. The third kappa shape index (κ3) is 3.98. The summed E-state index contributed by atoms with van der Waals surface area (Å²) < 4.78 is 3.06. The van der Waals surface area contributed by atoms with Crippen LogP contribution in [-0.2, 0) is 0 Å². The van der Waals surface area contributed by atoms with Crippen LogP contribution in [0.5, 0.6) is 5.88 Å². The molecule has 0 atom stereocenters. The minimum Gasteiger partial charge on any atom is -0.494 e. The fourth-order valence-electron chi connectivity index (χ4n) is 3.33. The molecule has 0 aliphatic rings. The number of hydrogen-bond acceptors (Lipinski definition) is 4. The molecule has 6 heteroatoms. The monoisotopic (exact) mass is 427 g/mol. The summed E-state index contributed by atoms with van der Waals surface area (Å²) in [5.41, 5.74) is 3.65. The van der Waals surface area contributed by atoms with Crippen molar-refractivity contribution in [3.8, 4) is 17.3 Å². The Morgan fingerprint density at radius 2 is 1.45 bits per heavy atom. The van der Waals surface area contributed by atoms with Gasteiger partial charge in [0.25, 0.3) is 5.56 Å². The van der Waals surface area contributed by atoms with Crippen molar-refractivity contribution in [3.05, 3.63) is 111 Å². The van der Waals surface area contributed by atoms with Gasteiger partial charge in [0.2, 0.25) is 5.88 Å². The second kappa shape index (κ2) is 8.53. The highest BCUT2D eigenvalue weighted by atomic mass is 32.1. The van der Waals surface area contributed by atoms with Gasteiger partial charge in [-0.1, -0.05) is 48.5 Å². The van der Waals surface area contributed by atoms with Crippen LogP contribution in [0.25, 0.3) is 11.4 Å². The van der Waals surface area contributed by atoms with Crippen molar-refractivity contribution in [3.63, 3.8) is 0 Å². The van der Waals surface area contributed by atoms with E-state index < -0.39 is 5.56 Å². The van der Waals surface area contributed by atoms with Crippen LogP contribution < -0.4 is 5.56 Å². The van der Waals surface area contributed by atoms with E-state index in [4.69, 9.17) is 12.2 Å². The zero-order valence-corrected chi connectivity index (χ0v) is 18.0. The summed E-state index contributed by atoms with van der Waals surface area (Å²) in [4.78, 5) is 17.9. The molecule has 4 rings (SSSR count). The van der Waals surface area contributed by atoms with E-state index >= 15 is 0 Å². The lowest BCUT2D eigenvalue weighted by Gasteiger charge is -2.16. The SMILES string of the molecule is Cc1ccc(C)c(N=Cc2c(O)n(-c3ccccc3)c(=S)n(-c3ccccc3)c2=O)c1. The van der Waals surface area contributed by atoms with E-state index in [1.165, 1.54) is 15.3 Å². The van der Waals surface area contributed by atoms with Crippen LogP contribution in [-0.4, -0.2) is 20.5 Å². The predicted molar refractivity (Wildman–Crippen MR) is 127 cm³/mol. The molecule has 1 heterocycles. The number of hydrogen-bond donors (Lipinski definition) is 1. The van der Waals surface area contributed by atoms with Gasteiger partial charge < -0.3 is 5.11 Å². The van der Waals surface area contributed by atoms with Gasteiger partial charge in [0, 0.05) is 6.21 Å². The molecular formula is C25H21N3O2S. The number of benzene rings is 3. The van der Waals surface area contributed by atoms with Crippen molar-refractivity contribution >= 4 is 24.1 Å². The molecule has 5 nitrogen and oxygen atoms in total. The third-order valence-corrected chi connectivity index (χ3v) is 5.36. The van der Waals surface area contributed by atoms with Gasteiger partial charge in [-0.15, -0.1) is 0 Å². The van der Waals surface area contributed by atoms with Crippen LogP contribution in [0.3, 0.4) is 0 Å². The van der Waals surface area contributed by atoms with Crippen LogP contribution >= 0.6 is 12.2 Å². The van der Waals surface area contributed by atoms with Crippen LogP contribution in [0.15, 0.2) is 88.6 Å². The Hall–Kier alpha value is -3.77. The summed E-state index contributed by atoms with van der Waals surface area (Å²) in [5, 5.41) is 11.1. The highest BCUT2D eigenvalue weighted by Gasteiger charge is 2.18. The zero-order chi connectivity index (χ0) is 22.0. The maximum absolute atomic E-state index is 13.4. The average Bonchev–Trinajstić information content (AvgIpc) is 2.77. The average molecular weight is 428 g/mol. The number of aromatic hydroxyl groups is 1. The number of aliphatic imine (C=N–C) groups is 1. The summed E-state index contributed by atoms with van der Waals surface area (Å²) in [5.74, 6) is -0.248. The molecule has 0 radical (unpaired) electrons. The second-order valence-corrected chi connectivity index (χ2v) is 7.58. The van der Waals surface area contributed by atoms with Gasteiger partial charge in [0.15, 0.2) is 4.77 Å². The minimum absolute atomic E-state index is 0.0576. The molecule has 0 bridgehead atoms. The number of para-hydroxylation sites is 2. The maximum Gasteiger partial charge on any atom is 0.271 e. The lowest BCUT2D eigenvalue weighted by atomic mass is 10.1. The number of aryl methyl sites for hydroxylation is 2. The van der Waals surface area contributed by atoms with Crippen molar-refractivity contribution in [1.82, 2.24) is 9.13 Å². The summed E-state index contributed by atoms with van der Waals surface area (Å²) in [7, 11) is 0. The minimum atomic E-state index is -0.435. The molecule has 0 aliphatic carbocycles. The molecule has 3 aromatic carbocycles. The van der Waals surface area contributed by atoms with Crippen molar-refractivity contribution in [1.29, 1.82) is 0 Å². The third-order valence-electron chi connectivity index (χ3n) is 4.99. The molecule has 0 saturated heterocycles. The summed E-state index contributed by atoms with van der Waals surface area (Å²) in [6.07, 6.45) is 1.41. The maximum atomic E-state index is 13.4. The van der Waals surface area contributed by atoms with Crippen molar-refractivity contribution in [2.75, 3.05) is 0 Å². The molecule has 0 fully saturated rings. The smallest absolute Gasteiger partial charge is 0.271 e. The molecule has 1 aromatic heterocycles.